The van der Waals surface area contributed by atoms with Crippen LogP contribution in [0.15, 0.2) is 48.6 Å². The molecule has 6 heteroatoms. The predicted molar refractivity (Wildman–Crippen MR) is 141 cm³/mol. The topological polar surface area (TPSA) is 85.0 Å². The number of benzene rings is 1. The van der Waals surface area contributed by atoms with Crippen LogP contribution in [0.3, 0.4) is 0 Å². The molecule has 2 saturated carbocycles. The van der Waals surface area contributed by atoms with E-state index in [-0.39, 0.29) is 23.5 Å². The molecule has 4 aliphatic heterocycles. The summed E-state index contributed by atoms with van der Waals surface area (Å²) in [7, 11) is 0. The maximum atomic E-state index is 15.1. The van der Waals surface area contributed by atoms with Gasteiger partial charge < -0.3 is 9.47 Å². The zero-order valence-electron chi connectivity index (χ0n) is 22.9. The van der Waals surface area contributed by atoms with Crippen LogP contribution in [0.4, 0.5) is 0 Å². The third-order valence-electron chi connectivity index (χ3n) is 11.4. The van der Waals surface area contributed by atoms with Crippen molar-refractivity contribution in [2.75, 3.05) is 0 Å². The van der Waals surface area contributed by atoms with E-state index in [0.717, 1.165) is 18.4 Å². The van der Waals surface area contributed by atoms with Crippen molar-refractivity contribution in [3.8, 4) is 5.75 Å². The van der Waals surface area contributed by atoms with Gasteiger partial charge in [0.05, 0.1) is 5.92 Å². The molecule has 8 rings (SSSR count). The number of epoxide rings is 1. The van der Waals surface area contributed by atoms with Crippen LogP contribution in [0.2, 0.25) is 0 Å². The minimum atomic E-state index is -1.84. The minimum absolute atomic E-state index is 0.0303. The second-order valence-electron chi connectivity index (χ2n) is 13.8. The largest absolute Gasteiger partial charge is 0.486 e. The summed E-state index contributed by atoms with van der Waals surface area (Å²) >= 11 is 0. The van der Waals surface area contributed by atoms with Crippen LogP contribution in [0, 0.1) is 40.4 Å². The highest BCUT2D eigenvalue weighted by molar-refractivity contribution is 6.29. The molecule has 200 valence electrons. The molecule has 7 aliphatic rings. The lowest BCUT2D eigenvalue weighted by atomic mass is 9.51. The van der Waals surface area contributed by atoms with E-state index in [2.05, 4.69) is 45.7 Å². The predicted octanol–water partition coefficient (Wildman–Crippen LogP) is 4.57. The molecule has 1 aromatic carbocycles. The molecule has 1 spiro atoms. The first kappa shape index (κ1) is 24.3. The Balaban J connectivity index is 1.53. The van der Waals surface area contributed by atoms with Gasteiger partial charge in [-0.05, 0) is 67.1 Å². The Bertz CT molecular complexity index is 1350. The number of Topliss-reactive ketones (excluding diaryl/α,β-unsaturated/α-hetero) is 1. The molecule has 6 nitrogen and oxygen atoms in total. The van der Waals surface area contributed by atoms with Gasteiger partial charge >= 0.3 is 0 Å². The SMILES string of the molecule is C=CC1(C)C=C(C)C2C3(C)CC(C)CC(C)C3CC23Oc2ccc(cc2)CC24OC2(C(=O)NC4=O)C(=O)C13. The maximum absolute atomic E-state index is 15.1. The van der Waals surface area contributed by atoms with Crippen LogP contribution >= 0.6 is 0 Å². The van der Waals surface area contributed by atoms with E-state index in [0.29, 0.717) is 29.9 Å². The van der Waals surface area contributed by atoms with E-state index < -0.39 is 40.0 Å². The van der Waals surface area contributed by atoms with E-state index in [1.165, 1.54) is 5.57 Å². The van der Waals surface area contributed by atoms with Gasteiger partial charge in [0.15, 0.2) is 11.4 Å². The van der Waals surface area contributed by atoms with Crippen molar-refractivity contribution in [1.82, 2.24) is 5.32 Å². The number of hydrogen-bond donors (Lipinski definition) is 1. The highest BCUT2D eigenvalue weighted by Gasteiger charge is 2.89. The molecular weight excluding hydrogens is 478 g/mol. The monoisotopic (exact) mass is 515 g/mol. The molecule has 2 bridgehead atoms. The lowest BCUT2D eigenvalue weighted by Crippen LogP contribution is -2.63. The summed E-state index contributed by atoms with van der Waals surface area (Å²) in [6.45, 7) is 15.4. The number of carbonyl (C=O) groups is 3. The lowest BCUT2D eigenvalue weighted by molar-refractivity contribution is -0.151. The van der Waals surface area contributed by atoms with Crippen LogP contribution in [-0.4, -0.2) is 34.4 Å². The fraction of sp³-hybridized carbons (Fsp3) is 0.594. The number of fused-ring (bicyclic) bond motifs is 4. The molecular formula is C32H37NO5. The van der Waals surface area contributed by atoms with Crippen LogP contribution in [0.1, 0.15) is 59.4 Å². The van der Waals surface area contributed by atoms with Gasteiger partial charge in [0.25, 0.3) is 11.8 Å². The number of ether oxygens (including phenoxy) is 2. The third kappa shape index (κ3) is 2.56. The van der Waals surface area contributed by atoms with Crippen molar-refractivity contribution < 1.29 is 23.9 Å². The summed E-state index contributed by atoms with van der Waals surface area (Å²) in [4.78, 5) is 41.7. The number of rotatable bonds is 1. The number of carbonyl (C=O) groups excluding carboxylic acids is 3. The van der Waals surface area contributed by atoms with E-state index in [1.807, 2.05) is 37.3 Å². The fourth-order valence-electron chi connectivity index (χ4n) is 10.4. The second kappa shape index (κ2) is 7.07. The highest BCUT2D eigenvalue weighted by atomic mass is 16.7. The van der Waals surface area contributed by atoms with Crippen LogP contribution < -0.4 is 10.1 Å². The molecule has 0 radical (unpaired) electrons. The molecule has 2 amide bonds. The number of amides is 2. The zero-order valence-corrected chi connectivity index (χ0v) is 22.9. The van der Waals surface area contributed by atoms with E-state index >= 15 is 4.79 Å². The van der Waals surface area contributed by atoms with Crippen molar-refractivity contribution in [3.63, 3.8) is 0 Å². The summed E-state index contributed by atoms with van der Waals surface area (Å²) in [6, 6.07) is 7.74. The number of allylic oxidation sites excluding steroid dienone is 2. The molecule has 3 aliphatic carbocycles. The summed E-state index contributed by atoms with van der Waals surface area (Å²) in [5, 5.41) is 2.44. The van der Waals surface area contributed by atoms with Gasteiger partial charge in [-0.3, -0.25) is 19.7 Å². The van der Waals surface area contributed by atoms with Crippen LogP contribution in [0.25, 0.3) is 0 Å². The average molecular weight is 516 g/mol. The molecule has 4 fully saturated rings. The summed E-state index contributed by atoms with van der Waals surface area (Å²) < 4.78 is 13.3. The first-order valence-corrected chi connectivity index (χ1v) is 14.1. The molecule has 38 heavy (non-hydrogen) atoms. The highest BCUT2D eigenvalue weighted by Crippen LogP contribution is 2.71. The van der Waals surface area contributed by atoms with E-state index in [1.54, 1.807) is 0 Å². The first-order valence-electron chi connectivity index (χ1n) is 14.1. The van der Waals surface area contributed by atoms with Crippen molar-refractivity contribution in [3.05, 3.63) is 54.1 Å². The van der Waals surface area contributed by atoms with Gasteiger partial charge in [-0.1, -0.05) is 57.6 Å². The number of morpholine rings is 1. The number of hydrogen-bond acceptors (Lipinski definition) is 5. The van der Waals surface area contributed by atoms with Crippen molar-refractivity contribution in [2.24, 2.45) is 40.4 Å². The standard InChI is InChI=1S/C32H37NO5/c1-7-28(5)14-19(4)23-29(6)13-17(2)12-18(3)22(29)16-30(23)24(28)25(34)32-27(36)33-26(35)31(32,38-32)15-20-8-10-21(37-30)11-9-20/h7-11,14,17-18,22-24H,1,12-13,15-16H2,2-6H3,(H,33,35,36). The van der Waals surface area contributed by atoms with Gasteiger partial charge in [0.1, 0.15) is 11.4 Å². The molecule has 10 atom stereocenters. The fourth-order valence-corrected chi connectivity index (χ4v) is 10.4. The van der Waals surface area contributed by atoms with Crippen molar-refractivity contribution in [2.45, 2.75) is 77.1 Å². The average Bonchev–Trinajstić information content (AvgIpc) is 3.38. The molecule has 10 unspecified atom stereocenters. The summed E-state index contributed by atoms with van der Waals surface area (Å²) in [5.74, 6) is -0.195. The van der Waals surface area contributed by atoms with Gasteiger partial charge in [-0.2, -0.15) is 0 Å². The Morgan fingerprint density at radius 3 is 2.42 bits per heavy atom. The summed E-state index contributed by atoms with van der Waals surface area (Å²) in [6.07, 6.45) is 7.07. The van der Waals surface area contributed by atoms with Gasteiger partial charge in [0, 0.05) is 17.8 Å². The van der Waals surface area contributed by atoms with E-state index in [4.69, 9.17) is 9.47 Å². The Labute approximate surface area is 224 Å². The number of nitrogens with one attached hydrogen (secondary N) is 1. The van der Waals surface area contributed by atoms with Gasteiger partial charge in [-0.15, -0.1) is 6.58 Å². The zero-order chi connectivity index (χ0) is 27.0. The second-order valence-corrected chi connectivity index (χ2v) is 13.8. The van der Waals surface area contributed by atoms with Gasteiger partial charge in [0.2, 0.25) is 5.60 Å². The molecule has 1 N–H and O–H groups in total. The van der Waals surface area contributed by atoms with Crippen LogP contribution in [0.5, 0.6) is 5.75 Å². The maximum Gasteiger partial charge on any atom is 0.270 e. The molecule has 1 aromatic rings. The summed E-state index contributed by atoms with van der Waals surface area (Å²) in [5.41, 5.74) is -3.10. The smallest absolute Gasteiger partial charge is 0.270 e. The first-order chi connectivity index (χ1) is 17.9. The lowest BCUT2D eigenvalue weighted by Gasteiger charge is -2.55. The quantitative estimate of drug-likeness (QED) is 0.256. The van der Waals surface area contributed by atoms with Crippen molar-refractivity contribution in [1.29, 1.82) is 0 Å². The van der Waals surface area contributed by atoms with E-state index in [9.17, 15) is 9.59 Å². The number of imide groups is 1. The normalized spacial score (nSPS) is 50.3. The van der Waals surface area contributed by atoms with Crippen molar-refractivity contribution >= 4 is 17.6 Å². The Kier molecular flexibility index (Phi) is 4.52. The molecule has 2 saturated heterocycles. The minimum Gasteiger partial charge on any atom is -0.486 e. The van der Waals surface area contributed by atoms with Gasteiger partial charge in [-0.25, -0.2) is 0 Å². The molecule has 4 heterocycles. The molecule has 0 aromatic heterocycles. The Morgan fingerprint density at radius 2 is 1.74 bits per heavy atom. The van der Waals surface area contributed by atoms with Crippen LogP contribution in [-0.2, 0) is 25.5 Å². The number of ketones is 1. The Morgan fingerprint density at radius 1 is 1.03 bits per heavy atom. The third-order valence-corrected chi connectivity index (χ3v) is 11.4. The Hall–Kier alpha value is -2.73.